The van der Waals surface area contributed by atoms with Crippen LogP contribution in [0.25, 0.3) is 0 Å². The van der Waals surface area contributed by atoms with E-state index in [0.29, 0.717) is 19.6 Å². The van der Waals surface area contributed by atoms with Crippen molar-refractivity contribution in [2.24, 2.45) is 11.8 Å². The van der Waals surface area contributed by atoms with Gasteiger partial charge in [-0.2, -0.15) is 0 Å². The third-order valence-corrected chi connectivity index (χ3v) is 4.52. The Bertz CT molecular complexity index is 530. The summed E-state index contributed by atoms with van der Waals surface area (Å²) in [6.45, 7) is 5.62. The number of benzene rings is 1. The second-order valence-corrected chi connectivity index (χ2v) is 6.48. The van der Waals surface area contributed by atoms with Crippen molar-refractivity contribution in [1.29, 1.82) is 0 Å². The van der Waals surface area contributed by atoms with Crippen molar-refractivity contribution in [3.05, 3.63) is 35.9 Å². The first-order chi connectivity index (χ1) is 11.0. The molecule has 0 aliphatic carbocycles. The summed E-state index contributed by atoms with van der Waals surface area (Å²) in [7, 11) is 0. The highest BCUT2D eigenvalue weighted by atomic mass is 16.4. The molecule has 5 heteroatoms. The lowest BCUT2D eigenvalue weighted by atomic mass is 9.95. The normalized spacial score (nSPS) is 21.5. The Kier molecular flexibility index (Phi) is 6.16. The molecule has 1 amide bonds. The zero-order chi connectivity index (χ0) is 16.8. The zero-order valence-corrected chi connectivity index (χ0v) is 13.9. The maximum Gasteiger partial charge on any atom is 0.308 e. The standard InChI is InChI=1S/C18H26N2O3/c1-13(2)20-11-15(16(12-20)18(22)23)17(21)19-10-6-9-14-7-4-3-5-8-14/h3-5,7-8,13,15-16H,6,9-12H2,1-2H3,(H,19,21)(H,22,23)/t15-,16+/m0/s1. The molecule has 1 fully saturated rings. The smallest absolute Gasteiger partial charge is 0.308 e. The molecule has 126 valence electrons. The van der Waals surface area contributed by atoms with Crippen LogP contribution in [0, 0.1) is 11.8 Å². The van der Waals surface area contributed by atoms with Crippen LogP contribution in [0.5, 0.6) is 0 Å². The van der Waals surface area contributed by atoms with Crippen LogP contribution in [0.4, 0.5) is 0 Å². The molecule has 1 aliphatic heterocycles. The summed E-state index contributed by atoms with van der Waals surface area (Å²) in [6.07, 6.45) is 1.76. The summed E-state index contributed by atoms with van der Waals surface area (Å²) in [5.74, 6) is -2.07. The van der Waals surface area contributed by atoms with Crippen LogP contribution >= 0.6 is 0 Å². The van der Waals surface area contributed by atoms with E-state index in [1.54, 1.807) is 0 Å². The predicted molar refractivity (Wildman–Crippen MR) is 89.1 cm³/mol. The molecular formula is C18H26N2O3. The number of hydrogen-bond donors (Lipinski definition) is 2. The molecule has 0 saturated carbocycles. The van der Waals surface area contributed by atoms with Crippen LogP contribution in [0.1, 0.15) is 25.8 Å². The minimum Gasteiger partial charge on any atom is -0.481 e. The lowest BCUT2D eigenvalue weighted by molar-refractivity contribution is -0.145. The van der Waals surface area contributed by atoms with E-state index in [1.807, 2.05) is 32.0 Å². The van der Waals surface area contributed by atoms with E-state index in [4.69, 9.17) is 0 Å². The summed E-state index contributed by atoms with van der Waals surface area (Å²) < 4.78 is 0. The van der Waals surface area contributed by atoms with E-state index in [-0.39, 0.29) is 11.9 Å². The summed E-state index contributed by atoms with van der Waals surface area (Å²) in [6, 6.07) is 10.4. The van der Waals surface area contributed by atoms with Gasteiger partial charge in [-0.05, 0) is 32.3 Å². The fourth-order valence-electron chi connectivity index (χ4n) is 3.05. The Balaban J connectivity index is 1.80. The molecular weight excluding hydrogens is 292 g/mol. The number of rotatable bonds is 7. The maximum atomic E-state index is 12.3. The molecule has 5 nitrogen and oxygen atoms in total. The van der Waals surface area contributed by atoms with E-state index < -0.39 is 17.8 Å². The van der Waals surface area contributed by atoms with Gasteiger partial charge in [0.25, 0.3) is 0 Å². The highest BCUT2D eigenvalue weighted by Gasteiger charge is 2.42. The van der Waals surface area contributed by atoms with E-state index in [1.165, 1.54) is 5.56 Å². The average molecular weight is 318 g/mol. The van der Waals surface area contributed by atoms with Gasteiger partial charge in [-0.3, -0.25) is 14.5 Å². The Morgan fingerprint density at radius 1 is 1.22 bits per heavy atom. The van der Waals surface area contributed by atoms with Crippen LogP contribution in [0.15, 0.2) is 30.3 Å². The van der Waals surface area contributed by atoms with Gasteiger partial charge in [-0.25, -0.2) is 0 Å². The molecule has 2 atom stereocenters. The summed E-state index contributed by atoms with van der Waals surface area (Å²) in [5, 5.41) is 12.3. The average Bonchev–Trinajstić information content (AvgIpc) is 2.98. The second kappa shape index (κ2) is 8.11. The second-order valence-electron chi connectivity index (χ2n) is 6.48. The first-order valence-electron chi connectivity index (χ1n) is 8.27. The van der Waals surface area contributed by atoms with Crippen molar-refractivity contribution in [2.75, 3.05) is 19.6 Å². The fourth-order valence-corrected chi connectivity index (χ4v) is 3.05. The molecule has 0 radical (unpaired) electrons. The number of likely N-dealkylation sites (tertiary alicyclic amines) is 1. The molecule has 0 bridgehead atoms. The van der Waals surface area contributed by atoms with Crippen LogP contribution < -0.4 is 5.32 Å². The number of carbonyl (C=O) groups excluding carboxylic acids is 1. The number of carboxylic acid groups (broad SMARTS) is 1. The van der Waals surface area contributed by atoms with E-state index in [9.17, 15) is 14.7 Å². The van der Waals surface area contributed by atoms with Crippen LogP contribution in [0.3, 0.4) is 0 Å². The number of carboxylic acids is 1. The number of nitrogens with one attached hydrogen (secondary N) is 1. The molecule has 2 N–H and O–H groups in total. The van der Waals surface area contributed by atoms with Gasteiger partial charge in [-0.15, -0.1) is 0 Å². The van der Waals surface area contributed by atoms with Gasteiger partial charge in [0.05, 0.1) is 11.8 Å². The molecule has 1 aromatic rings. The van der Waals surface area contributed by atoms with Gasteiger partial charge >= 0.3 is 5.97 Å². The summed E-state index contributed by atoms with van der Waals surface area (Å²) >= 11 is 0. The molecule has 0 unspecified atom stereocenters. The molecule has 1 heterocycles. The number of carbonyl (C=O) groups is 2. The number of aryl methyl sites for hydroxylation is 1. The van der Waals surface area contributed by atoms with Crippen molar-refractivity contribution in [3.63, 3.8) is 0 Å². The monoisotopic (exact) mass is 318 g/mol. The van der Waals surface area contributed by atoms with Crippen molar-refractivity contribution in [2.45, 2.75) is 32.7 Å². The van der Waals surface area contributed by atoms with Crippen molar-refractivity contribution >= 4 is 11.9 Å². The van der Waals surface area contributed by atoms with Crippen molar-refractivity contribution < 1.29 is 14.7 Å². The quantitative estimate of drug-likeness (QED) is 0.752. The first-order valence-corrected chi connectivity index (χ1v) is 8.27. The molecule has 23 heavy (non-hydrogen) atoms. The Morgan fingerprint density at radius 3 is 2.48 bits per heavy atom. The van der Waals surface area contributed by atoms with E-state index in [0.717, 1.165) is 12.8 Å². The molecule has 0 aromatic heterocycles. The van der Waals surface area contributed by atoms with E-state index >= 15 is 0 Å². The number of nitrogens with zero attached hydrogens (tertiary/aromatic N) is 1. The zero-order valence-electron chi connectivity index (χ0n) is 13.9. The van der Waals surface area contributed by atoms with E-state index in [2.05, 4.69) is 22.3 Å². The Labute approximate surface area is 137 Å². The van der Waals surface area contributed by atoms with Gasteiger partial charge < -0.3 is 10.4 Å². The first kappa shape index (κ1) is 17.5. The minimum atomic E-state index is -0.877. The SMILES string of the molecule is CC(C)N1C[C@H](C(=O)NCCCc2ccccc2)[C@H](C(=O)O)C1. The van der Waals surface area contributed by atoms with Crippen molar-refractivity contribution in [3.8, 4) is 0 Å². The molecule has 2 rings (SSSR count). The molecule has 1 aromatic carbocycles. The third kappa shape index (κ3) is 4.79. The highest BCUT2D eigenvalue weighted by molar-refractivity contribution is 5.85. The number of hydrogen-bond acceptors (Lipinski definition) is 3. The Morgan fingerprint density at radius 2 is 1.87 bits per heavy atom. The Hall–Kier alpha value is -1.88. The maximum absolute atomic E-state index is 12.3. The summed E-state index contributed by atoms with van der Waals surface area (Å²) in [5.41, 5.74) is 1.25. The molecule has 1 saturated heterocycles. The largest absolute Gasteiger partial charge is 0.481 e. The summed E-state index contributed by atoms with van der Waals surface area (Å²) in [4.78, 5) is 25.8. The fraction of sp³-hybridized carbons (Fsp3) is 0.556. The van der Waals surface area contributed by atoms with Gasteiger partial charge in [0.15, 0.2) is 0 Å². The van der Waals surface area contributed by atoms with Crippen LogP contribution in [-0.2, 0) is 16.0 Å². The van der Waals surface area contributed by atoms with Gasteiger partial charge in [0, 0.05) is 25.7 Å². The topological polar surface area (TPSA) is 69.6 Å². The van der Waals surface area contributed by atoms with Crippen LogP contribution in [0.2, 0.25) is 0 Å². The number of amides is 1. The van der Waals surface area contributed by atoms with Gasteiger partial charge in [0.2, 0.25) is 5.91 Å². The minimum absolute atomic E-state index is 0.131. The van der Waals surface area contributed by atoms with Gasteiger partial charge in [0.1, 0.15) is 0 Å². The third-order valence-electron chi connectivity index (χ3n) is 4.52. The number of aliphatic carboxylic acids is 1. The lowest BCUT2D eigenvalue weighted by Crippen LogP contribution is -2.38. The van der Waals surface area contributed by atoms with Crippen LogP contribution in [-0.4, -0.2) is 47.6 Å². The lowest BCUT2D eigenvalue weighted by Gasteiger charge is -2.19. The molecule has 0 spiro atoms. The molecule has 1 aliphatic rings. The predicted octanol–water partition coefficient (Wildman–Crippen LogP) is 1.78. The van der Waals surface area contributed by atoms with Gasteiger partial charge in [-0.1, -0.05) is 30.3 Å². The highest BCUT2D eigenvalue weighted by Crippen LogP contribution is 2.25. The van der Waals surface area contributed by atoms with Crippen molar-refractivity contribution in [1.82, 2.24) is 10.2 Å².